The van der Waals surface area contributed by atoms with Crippen molar-refractivity contribution >= 4 is 11.8 Å². The highest BCUT2D eigenvalue weighted by Crippen LogP contribution is 2.22. The van der Waals surface area contributed by atoms with Gasteiger partial charge >= 0.3 is 0 Å². The zero-order valence-corrected chi connectivity index (χ0v) is 13.7. The third-order valence-electron chi connectivity index (χ3n) is 3.84. The van der Waals surface area contributed by atoms with Crippen LogP contribution < -0.4 is 10.6 Å². The smallest absolute Gasteiger partial charge is 0.240 e. The molecule has 0 aliphatic carbocycles. The van der Waals surface area contributed by atoms with Crippen molar-refractivity contribution in [2.24, 2.45) is 0 Å². The Balaban J connectivity index is 1.79. The number of nitrogens with zero attached hydrogens (tertiary/aromatic N) is 3. The van der Waals surface area contributed by atoms with E-state index in [-0.39, 0.29) is 30.4 Å². The van der Waals surface area contributed by atoms with Gasteiger partial charge in [0, 0.05) is 25.6 Å². The molecule has 2 amide bonds. The van der Waals surface area contributed by atoms with Crippen molar-refractivity contribution in [3.05, 3.63) is 47.4 Å². The van der Waals surface area contributed by atoms with Crippen molar-refractivity contribution in [3.8, 4) is 0 Å². The van der Waals surface area contributed by atoms with Gasteiger partial charge in [0.05, 0.1) is 13.1 Å². The summed E-state index contributed by atoms with van der Waals surface area (Å²) in [5, 5.41) is 9.42. The molecule has 8 nitrogen and oxygen atoms in total. The lowest BCUT2D eigenvalue weighted by Crippen LogP contribution is -2.51. The summed E-state index contributed by atoms with van der Waals surface area (Å²) in [6.07, 6.45) is 0. The molecule has 2 N–H and O–H groups in total. The van der Waals surface area contributed by atoms with Crippen LogP contribution in [0.25, 0.3) is 0 Å². The van der Waals surface area contributed by atoms with Crippen molar-refractivity contribution < 1.29 is 18.5 Å². The molecule has 0 bridgehead atoms. The fourth-order valence-corrected chi connectivity index (χ4v) is 2.62. The van der Waals surface area contributed by atoms with E-state index in [2.05, 4.69) is 20.8 Å². The molecule has 132 valence electrons. The Morgan fingerprint density at radius 1 is 1.48 bits per heavy atom. The number of rotatable bonds is 5. The number of aromatic nitrogens is 2. The van der Waals surface area contributed by atoms with Gasteiger partial charge in [-0.3, -0.25) is 9.59 Å². The van der Waals surface area contributed by atoms with Crippen molar-refractivity contribution in [3.63, 3.8) is 0 Å². The third-order valence-corrected chi connectivity index (χ3v) is 3.84. The average Bonchev–Trinajstić information content (AvgIpc) is 3.02. The van der Waals surface area contributed by atoms with Gasteiger partial charge in [0.1, 0.15) is 11.9 Å². The summed E-state index contributed by atoms with van der Waals surface area (Å²) < 4.78 is 19.1. The summed E-state index contributed by atoms with van der Waals surface area (Å²) in [6, 6.07) is 5.15. The van der Waals surface area contributed by atoms with E-state index in [0.29, 0.717) is 19.0 Å². The minimum absolute atomic E-state index is 0.109. The SMILES string of the molecule is Cc1nc([C@H](NC(=O)CN2CCNCC2=O)c2ccccc2F)no1. The van der Waals surface area contributed by atoms with E-state index < -0.39 is 17.8 Å². The fourth-order valence-electron chi connectivity index (χ4n) is 2.62. The molecule has 1 atom stereocenters. The molecule has 25 heavy (non-hydrogen) atoms. The van der Waals surface area contributed by atoms with Crippen LogP contribution in [0.4, 0.5) is 4.39 Å². The predicted molar refractivity (Wildman–Crippen MR) is 84.9 cm³/mol. The molecule has 1 aliphatic heterocycles. The first-order valence-electron chi connectivity index (χ1n) is 7.87. The molecule has 1 aliphatic rings. The van der Waals surface area contributed by atoms with Gasteiger partial charge in [-0.05, 0) is 6.07 Å². The van der Waals surface area contributed by atoms with Crippen LogP contribution in [-0.2, 0) is 9.59 Å². The minimum Gasteiger partial charge on any atom is -0.340 e. The topological polar surface area (TPSA) is 100 Å². The van der Waals surface area contributed by atoms with E-state index in [4.69, 9.17) is 4.52 Å². The molecule has 2 aromatic rings. The molecule has 3 rings (SSSR count). The van der Waals surface area contributed by atoms with Crippen molar-refractivity contribution in [1.29, 1.82) is 0 Å². The van der Waals surface area contributed by atoms with Crippen molar-refractivity contribution in [2.75, 3.05) is 26.2 Å². The summed E-state index contributed by atoms with van der Waals surface area (Å²) in [7, 11) is 0. The Kier molecular flexibility index (Phi) is 5.03. The monoisotopic (exact) mass is 347 g/mol. The van der Waals surface area contributed by atoms with Gasteiger partial charge in [-0.1, -0.05) is 23.4 Å². The second-order valence-electron chi connectivity index (χ2n) is 5.69. The quantitative estimate of drug-likeness (QED) is 0.799. The molecular formula is C16H18FN5O3. The molecule has 1 aromatic carbocycles. The number of carbonyl (C=O) groups is 2. The Morgan fingerprint density at radius 3 is 2.96 bits per heavy atom. The zero-order valence-electron chi connectivity index (χ0n) is 13.7. The lowest BCUT2D eigenvalue weighted by Gasteiger charge is -2.27. The summed E-state index contributed by atoms with van der Waals surface area (Å²) in [4.78, 5) is 29.7. The summed E-state index contributed by atoms with van der Waals surface area (Å²) in [6.45, 7) is 2.77. The third kappa shape index (κ3) is 4.00. The number of nitrogens with one attached hydrogen (secondary N) is 2. The molecular weight excluding hydrogens is 329 g/mol. The van der Waals surface area contributed by atoms with Gasteiger partial charge < -0.3 is 20.1 Å². The number of carbonyl (C=O) groups excluding carboxylic acids is 2. The zero-order chi connectivity index (χ0) is 17.8. The van der Waals surface area contributed by atoms with Crippen LogP contribution in [0.3, 0.4) is 0 Å². The van der Waals surface area contributed by atoms with Crippen LogP contribution in [-0.4, -0.2) is 53.0 Å². The Bertz CT molecular complexity index is 779. The van der Waals surface area contributed by atoms with E-state index in [1.54, 1.807) is 25.1 Å². The van der Waals surface area contributed by atoms with Crippen molar-refractivity contribution in [1.82, 2.24) is 25.7 Å². The first-order chi connectivity index (χ1) is 12.0. The fraction of sp³-hybridized carbons (Fsp3) is 0.375. The van der Waals surface area contributed by atoms with Crippen LogP contribution in [0.5, 0.6) is 0 Å². The maximum atomic E-state index is 14.2. The average molecular weight is 347 g/mol. The largest absolute Gasteiger partial charge is 0.340 e. The van der Waals surface area contributed by atoms with Crippen LogP contribution in [0, 0.1) is 12.7 Å². The normalized spacial score (nSPS) is 15.9. The predicted octanol–water partition coefficient (Wildman–Crippen LogP) is 0.155. The first-order valence-corrected chi connectivity index (χ1v) is 7.87. The number of benzene rings is 1. The Labute approximate surface area is 143 Å². The van der Waals surface area contributed by atoms with E-state index in [1.165, 1.54) is 11.0 Å². The second kappa shape index (κ2) is 7.39. The minimum atomic E-state index is -0.899. The second-order valence-corrected chi connectivity index (χ2v) is 5.69. The molecule has 0 saturated carbocycles. The maximum Gasteiger partial charge on any atom is 0.240 e. The molecule has 1 aromatic heterocycles. The standard InChI is InChI=1S/C16H18FN5O3/c1-10-19-16(21-25-10)15(11-4-2-3-5-12(11)17)20-13(23)9-22-7-6-18-8-14(22)24/h2-5,15,18H,6-9H2,1H3,(H,20,23)/t15-/m1/s1. The van der Waals surface area contributed by atoms with E-state index in [9.17, 15) is 14.0 Å². The van der Waals surface area contributed by atoms with Gasteiger partial charge in [0.2, 0.25) is 17.7 Å². The molecule has 0 spiro atoms. The van der Waals surface area contributed by atoms with Crippen LogP contribution >= 0.6 is 0 Å². The summed E-state index contributed by atoms with van der Waals surface area (Å²) in [5.41, 5.74) is 0.225. The molecule has 1 fully saturated rings. The van der Waals surface area contributed by atoms with Gasteiger partial charge in [0.25, 0.3) is 0 Å². The van der Waals surface area contributed by atoms with Gasteiger partial charge in [-0.15, -0.1) is 0 Å². The molecule has 9 heteroatoms. The molecule has 2 heterocycles. The molecule has 1 saturated heterocycles. The van der Waals surface area contributed by atoms with Gasteiger partial charge in [-0.25, -0.2) is 4.39 Å². The van der Waals surface area contributed by atoms with Crippen LogP contribution in [0.1, 0.15) is 23.3 Å². The molecule has 0 radical (unpaired) electrons. The number of hydrogen-bond acceptors (Lipinski definition) is 6. The number of hydrogen-bond donors (Lipinski definition) is 2. The Morgan fingerprint density at radius 2 is 2.28 bits per heavy atom. The Hall–Kier alpha value is -2.81. The number of aryl methyl sites for hydroxylation is 1. The highest BCUT2D eigenvalue weighted by atomic mass is 19.1. The summed E-state index contributed by atoms with van der Waals surface area (Å²) >= 11 is 0. The van der Waals surface area contributed by atoms with Crippen molar-refractivity contribution in [2.45, 2.75) is 13.0 Å². The van der Waals surface area contributed by atoms with Gasteiger partial charge in [-0.2, -0.15) is 4.98 Å². The van der Waals surface area contributed by atoms with Crippen LogP contribution in [0.2, 0.25) is 0 Å². The lowest BCUT2D eigenvalue weighted by atomic mass is 10.1. The van der Waals surface area contributed by atoms with E-state index in [1.807, 2.05) is 0 Å². The number of amides is 2. The lowest BCUT2D eigenvalue weighted by molar-refractivity contribution is -0.136. The molecule has 0 unspecified atom stereocenters. The maximum absolute atomic E-state index is 14.2. The van der Waals surface area contributed by atoms with E-state index >= 15 is 0 Å². The first kappa shape index (κ1) is 17.0. The number of piperazine rings is 1. The van der Waals surface area contributed by atoms with E-state index in [0.717, 1.165) is 0 Å². The van der Waals surface area contributed by atoms with Gasteiger partial charge in [0.15, 0.2) is 5.82 Å². The highest BCUT2D eigenvalue weighted by molar-refractivity contribution is 5.86. The van der Waals surface area contributed by atoms with Crippen LogP contribution in [0.15, 0.2) is 28.8 Å². The summed E-state index contributed by atoms with van der Waals surface area (Å²) in [5.74, 6) is -0.607. The number of halogens is 1. The highest BCUT2D eigenvalue weighted by Gasteiger charge is 2.27.